The smallest absolute Gasteiger partial charge is 0.387 e. The molecule has 1 aliphatic carbocycles. The molecule has 1 aromatic heterocycles. The van der Waals surface area contributed by atoms with E-state index in [1.54, 1.807) is 10.9 Å². The first kappa shape index (κ1) is 28.3. The molecule has 1 saturated heterocycles. The van der Waals surface area contributed by atoms with E-state index in [0.717, 1.165) is 5.69 Å². The topological polar surface area (TPSA) is 94.9 Å². The number of carbonyl (C=O) groups is 2. The number of esters is 1. The summed E-state index contributed by atoms with van der Waals surface area (Å²) >= 11 is 5.98. The van der Waals surface area contributed by atoms with Crippen LogP contribution < -0.4 is 10.1 Å². The molecule has 0 bridgehead atoms. The second-order valence-corrected chi connectivity index (χ2v) is 10.6. The molecule has 1 N–H and O–H groups in total. The summed E-state index contributed by atoms with van der Waals surface area (Å²) in [5, 5.41) is 7.55. The van der Waals surface area contributed by atoms with Gasteiger partial charge in [0.15, 0.2) is 11.4 Å². The summed E-state index contributed by atoms with van der Waals surface area (Å²) in [7, 11) is 2.85. The van der Waals surface area contributed by atoms with Gasteiger partial charge in [0.25, 0.3) is 5.91 Å². The molecule has 0 atom stereocenters. The van der Waals surface area contributed by atoms with Crippen LogP contribution in [0.1, 0.15) is 51.1 Å². The van der Waals surface area contributed by atoms with Gasteiger partial charge in [-0.1, -0.05) is 25.4 Å². The fourth-order valence-corrected chi connectivity index (χ4v) is 5.66. The number of nitrogens with zero attached hydrogens (tertiary/aromatic N) is 3. The summed E-state index contributed by atoms with van der Waals surface area (Å²) in [6, 6.07) is 6.18. The first-order valence-electron chi connectivity index (χ1n) is 12.5. The van der Waals surface area contributed by atoms with Gasteiger partial charge in [0, 0.05) is 62.1 Å². The molecule has 2 aromatic rings. The molecule has 0 radical (unpaired) electrons. The summed E-state index contributed by atoms with van der Waals surface area (Å²) < 4.78 is 42.9. The molecule has 1 aliphatic heterocycles. The lowest BCUT2D eigenvalue weighted by Crippen LogP contribution is -2.63. The molecular formula is C26H33ClF2N4O5. The number of aromatic nitrogens is 2. The molecule has 1 aromatic carbocycles. The predicted molar refractivity (Wildman–Crippen MR) is 137 cm³/mol. The highest BCUT2D eigenvalue weighted by Crippen LogP contribution is 2.43. The number of likely N-dealkylation sites (tertiary alicyclic amines) is 1. The highest BCUT2D eigenvalue weighted by Gasteiger charge is 2.55. The fraction of sp³-hybridized carbons (Fsp3) is 0.577. The number of hydrogen-bond acceptors (Lipinski definition) is 7. The number of benzene rings is 1. The number of nitrogens with one attached hydrogen (secondary N) is 1. The Hall–Kier alpha value is -2.76. The first-order valence-corrected chi connectivity index (χ1v) is 12.9. The van der Waals surface area contributed by atoms with Crippen molar-refractivity contribution in [3.8, 4) is 5.75 Å². The van der Waals surface area contributed by atoms with Crippen molar-refractivity contribution < 1.29 is 32.6 Å². The molecule has 0 unspecified atom stereocenters. The number of ether oxygens (including phenoxy) is 3. The number of halogens is 3. The third kappa shape index (κ3) is 5.23. The Morgan fingerprint density at radius 3 is 2.42 bits per heavy atom. The Balaban J connectivity index is 1.58. The summed E-state index contributed by atoms with van der Waals surface area (Å²) in [4.78, 5) is 28.4. The molecule has 1 amide bonds. The second-order valence-electron chi connectivity index (χ2n) is 10.1. The highest BCUT2D eigenvalue weighted by molar-refractivity contribution is 6.30. The van der Waals surface area contributed by atoms with Gasteiger partial charge >= 0.3 is 12.6 Å². The van der Waals surface area contributed by atoms with E-state index in [1.165, 1.54) is 32.4 Å². The molecule has 9 nitrogen and oxygen atoms in total. The third-order valence-electron chi connectivity index (χ3n) is 7.72. The van der Waals surface area contributed by atoms with Crippen molar-refractivity contribution >= 4 is 29.2 Å². The van der Waals surface area contributed by atoms with Gasteiger partial charge in [-0.05, 0) is 37.0 Å². The number of anilines is 1. The van der Waals surface area contributed by atoms with Crippen molar-refractivity contribution in [3.05, 3.63) is 41.2 Å². The maximum Gasteiger partial charge on any atom is 0.387 e. The average Bonchev–Trinajstić information content (AvgIpc) is 3.36. The van der Waals surface area contributed by atoms with Crippen molar-refractivity contribution in [1.82, 2.24) is 14.7 Å². The van der Waals surface area contributed by atoms with Crippen LogP contribution in [0.4, 0.5) is 14.5 Å². The summed E-state index contributed by atoms with van der Waals surface area (Å²) in [5.41, 5.74) is -1.01. The predicted octanol–water partition coefficient (Wildman–Crippen LogP) is 4.41. The fourth-order valence-electron chi connectivity index (χ4n) is 5.50. The highest BCUT2D eigenvalue weighted by atomic mass is 35.5. The van der Waals surface area contributed by atoms with E-state index in [4.69, 9.17) is 21.1 Å². The Morgan fingerprint density at radius 1 is 1.16 bits per heavy atom. The van der Waals surface area contributed by atoms with Crippen molar-refractivity contribution in [2.24, 2.45) is 0 Å². The van der Waals surface area contributed by atoms with Gasteiger partial charge in [-0.15, -0.1) is 0 Å². The van der Waals surface area contributed by atoms with Gasteiger partial charge in [-0.2, -0.15) is 13.9 Å². The standard InChI is InChI=1S/C26H33ClF2N4O5/c1-16(2)20-7-10-30-33(20)25(22(34)31-19-6-5-17(27)13-21(19)38-24(28)29)8-11-32(12-9-25)18-14-26(15-18,37-4)23(35)36-3/h5-7,10,13,16,18,24H,8-9,11-12,14-15H2,1-4H3,(H,31,34). The Labute approximate surface area is 225 Å². The zero-order valence-corrected chi connectivity index (χ0v) is 22.6. The van der Waals surface area contributed by atoms with Crippen LogP contribution in [-0.4, -0.2) is 72.1 Å². The lowest BCUT2D eigenvalue weighted by Gasteiger charge is -2.51. The van der Waals surface area contributed by atoms with Crippen LogP contribution in [0, 0.1) is 0 Å². The summed E-state index contributed by atoms with van der Waals surface area (Å²) in [6.45, 7) is 2.10. The van der Waals surface area contributed by atoms with Crippen LogP contribution in [0.3, 0.4) is 0 Å². The number of methoxy groups -OCH3 is 2. The minimum Gasteiger partial charge on any atom is -0.467 e. The summed E-state index contributed by atoms with van der Waals surface area (Å²) in [5.74, 6) is -0.878. The lowest BCUT2D eigenvalue weighted by atomic mass is 9.73. The molecule has 4 rings (SSSR count). The molecular weight excluding hydrogens is 522 g/mol. The zero-order chi connectivity index (χ0) is 27.7. The third-order valence-corrected chi connectivity index (χ3v) is 7.96. The van der Waals surface area contributed by atoms with E-state index in [0.29, 0.717) is 38.8 Å². The minimum absolute atomic E-state index is 0.0988. The van der Waals surface area contributed by atoms with Crippen molar-refractivity contribution in [1.29, 1.82) is 0 Å². The van der Waals surface area contributed by atoms with E-state index < -0.39 is 17.8 Å². The van der Waals surface area contributed by atoms with Gasteiger partial charge in [0.2, 0.25) is 0 Å². The second kappa shape index (κ2) is 11.2. The van der Waals surface area contributed by atoms with E-state index in [-0.39, 0.29) is 40.3 Å². The number of carbonyl (C=O) groups excluding carboxylic acids is 2. The van der Waals surface area contributed by atoms with E-state index in [1.807, 2.05) is 19.9 Å². The Morgan fingerprint density at radius 2 is 1.84 bits per heavy atom. The number of amides is 1. The van der Waals surface area contributed by atoms with Gasteiger partial charge in [0.05, 0.1) is 12.8 Å². The van der Waals surface area contributed by atoms with Crippen LogP contribution in [0.25, 0.3) is 0 Å². The normalized spacial score (nSPS) is 23.2. The lowest BCUT2D eigenvalue weighted by molar-refractivity contribution is -0.187. The van der Waals surface area contributed by atoms with Crippen LogP contribution in [0.15, 0.2) is 30.5 Å². The number of alkyl halides is 2. The van der Waals surface area contributed by atoms with E-state index in [9.17, 15) is 18.4 Å². The molecule has 2 aliphatic rings. The molecule has 12 heteroatoms. The largest absolute Gasteiger partial charge is 0.467 e. The van der Waals surface area contributed by atoms with Crippen molar-refractivity contribution in [2.75, 3.05) is 32.6 Å². The minimum atomic E-state index is -3.08. The van der Waals surface area contributed by atoms with Gasteiger partial charge in [-0.25, -0.2) is 4.79 Å². The van der Waals surface area contributed by atoms with Crippen LogP contribution >= 0.6 is 11.6 Å². The van der Waals surface area contributed by atoms with Gasteiger partial charge in [0.1, 0.15) is 5.54 Å². The molecule has 2 heterocycles. The van der Waals surface area contributed by atoms with Crippen molar-refractivity contribution in [3.63, 3.8) is 0 Å². The van der Waals surface area contributed by atoms with Gasteiger partial charge < -0.3 is 19.5 Å². The van der Waals surface area contributed by atoms with E-state index in [2.05, 4.69) is 20.1 Å². The van der Waals surface area contributed by atoms with Gasteiger partial charge in [-0.3, -0.25) is 14.4 Å². The zero-order valence-electron chi connectivity index (χ0n) is 21.9. The van der Waals surface area contributed by atoms with Crippen LogP contribution in [0.5, 0.6) is 5.75 Å². The summed E-state index contributed by atoms with van der Waals surface area (Å²) in [6.07, 6.45) is 3.53. The van der Waals surface area contributed by atoms with E-state index >= 15 is 0 Å². The number of piperidine rings is 1. The molecule has 38 heavy (non-hydrogen) atoms. The molecule has 1 saturated carbocycles. The molecule has 2 fully saturated rings. The maximum atomic E-state index is 14.0. The first-order chi connectivity index (χ1) is 18.0. The maximum absolute atomic E-state index is 14.0. The SMILES string of the molecule is COC(=O)C1(OC)CC(N2CCC(C(=O)Nc3ccc(Cl)cc3OC(F)F)(n3nccc3C(C)C)CC2)C1. The van der Waals surface area contributed by atoms with Crippen LogP contribution in [-0.2, 0) is 24.6 Å². The number of hydrogen-bond donors (Lipinski definition) is 1. The Bertz CT molecular complexity index is 1160. The monoisotopic (exact) mass is 554 g/mol. The molecule has 0 spiro atoms. The average molecular weight is 555 g/mol. The Kier molecular flexibility index (Phi) is 8.29. The van der Waals surface area contributed by atoms with Crippen molar-refractivity contribution in [2.45, 2.75) is 69.2 Å². The number of rotatable bonds is 9. The quantitative estimate of drug-likeness (QED) is 0.459. The van der Waals surface area contributed by atoms with Crippen LogP contribution in [0.2, 0.25) is 5.02 Å². The molecule has 208 valence electrons.